The largest absolute Gasteiger partial charge is 0.324 e. The molecule has 2 nitrogen and oxygen atoms in total. The van der Waals surface area contributed by atoms with E-state index in [1.165, 1.54) is 37.8 Å². The van der Waals surface area contributed by atoms with Crippen molar-refractivity contribution in [1.82, 2.24) is 4.90 Å². The van der Waals surface area contributed by atoms with Crippen LogP contribution in [0.5, 0.6) is 0 Å². The minimum absolute atomic E-state index is 0.142. The number of rotatable bonds is 6. The number of hydrogen-bond acceptors (Lipinski definition) is 2. The van der Waals surface area contributed by atoms with Gasteiger partial charge >= 0.3 is 0 Å². The van der Waals surface area contributed by atoms with E-state index in [9.17, 15) is 0 Å². The molecule has 0 saturated heterocycles. The van der Waals surface area contributed by atoms with E-state index >= 15 is 0 Å². The third kappa shape index (κ3) is 4.90. The fraction of sp³-hybridized carbons (Fsp3) is 0.625. The summed E-state index contributed by atoms with van der Waals surface area (Å²) < 4.78 is 1.11. The van der Waals surface area contributed by atoms with Crippen molar-refractivity contribution in [3.05, 3.63) is 34.3 Å². The van der Waals surface area contributed by atoms with Crippen molar-refractivity contribution in [2.75, 3.05) is 20.1 Å². The molecule has 1 fully saturated rings. The Morgan fingerprint density at radius 3 is 2.79 bits per heavy atom. The van der Waals surface area contributed by atoms with Crippen LogP contribution in [0.2, 0.25) is 0 Å². The summed E-state index contributed by atoms with van der Waals surface area (Å²) in [4.78, 5) is 2.45. The summed E-state index contributed by atoms with van der Waals surface area (Å²) in [5.41, 5.74) is 7.50. The SMILES string of the molecule is CN(CCC(N)c1cccc(Br)c1)CC1CCCC1. The Morgan fingerprint density at radius 2 is 2.11 bits per heavy atom. The molecule has 2 N–H and O–H groups in total. The molecule has 1 aliphatic carbocycles. The van der Waals surface area contributed by atoms with Crippen LogP contribution in [-0.4, -0.2) is 25.0 Å². The van der Waals surface area contributed by atoms with Gasteiger partial charge in [-0.3, -0.25) is 0 Å². The Balaban J connectivity index is 1.74. The van der Waals surface area contributed by atoms with Gasteiger partial charge in [-0.15, -0.1) is 0 Å². The van der Waals surface area contributed by atoms with Gasteiger partial charge in [-0.25, -0.2) is 0 Å². The molecule has 1 saturated carbocycles. The molecule has 0 spiro atoms. The van der Waals surface area contributed by atoms with Crippen LogP contribution < -0.4 is 5.73 Å². The lowest BCUT2D eigenvalue weighted by molar-refractivity contribution is 0.268. The zero-order valence-corrected chi connectivity index (χ0v) is 13.4. The maximum atomic E-state index is 6.27. The topological polar surface area (TPSA) is 29.3 Å². The highest BCUT2D eigenvalue weighted by molar-refractivity contribution is 9.10. The number of benzene rings is 1. The lowest BCUT2D eigenvalue weighted by Gasteiger charge is -2.22. The van der Waals surface area contributed by atoms with E-state index in [-0.39, 0.29) is 6.04 Å². The molecular weight excluding hydrogens is 300 g/mol. The Bertz CT molecular complexity index is 388. The van der Waals surface area contributed by atoms with Crippen LogP contribution in [0.25, 0.3) is 0 Å². The maximum Gasteiger partial charge on any atom is 0.0307 e. The molecule has 1 atom stereocenters. The van der Waals surface area contributed by atoms with Gasteiger partial charge in [0.05, 0.1) is 0 Å². The second-order valence-corrected chi connectivity index (χ2v) is 6.78. The van der Waals surface area contributed by atoms with E-state index in [0.717, 1.165) is 23.4 Å². The molecule has 19 heavy (non-hydrogen) atoms. The summed E-state index contributed by atoms with van der Waals surface area (Å²) in [5, 5.41) is 0. The molecule has 0 aromatic heterocycles. The fourth-order valence-electron chi connectivity index (χ4n) is 2.99. The Hall–Kier alpha value is -0.380. The predicted molar refractivity (Wildman–Crippen MR) is 85.1 cm³/mol. The van der Waals surface area contributed by atoms with Crippen LogP contribution in [0.15, 0.2) is 28.7 Å². The molecule has 1 aromatic carbocycles. The number of halogens is 1. The molecule has 1 aliphatic rings. The van der Waals surface area contributed by atoms with Gasteiger partial charge in [-0.05, 0) is 56.5 Å². The van der Waals surface area contributed by atoms with Crippen molar-refractivity contribution in [3.8, 4) is 0 Å². The average molecular weight is 325 g/mol. The lowest BCUT2D eigenvalue weighted by Crippen LogP contribution is -2.28. The average Bonchev–Trinajstić information content (AvgIpc) is 2.88. The Labute approximate surface area is 125 Å². The third-order valence-corrected chi connectivity index (χ3v) is 4.64. The molecule has 0 aliphatic heterocycles. The maximum absolute atomic E-state index is 6.27. The summed E-state index contributed by atoms with van der Waals surface area (Å²) in [7, 11) is 2.23. The molecule has 0 radical (unpaired) electrons. The molecule has 1 aromatic rings. The van der Waals surface area contributed by atoms with E-state index < -0.39 is 0 Å². The number of nitrogens with two attached hydrogens (primary N) is 1. The number of nitrogens with zero attached hydrogens (tertiary/aromatic N) is 1. The van der Waals surface area contributed by atoms with Crippen molar-refractivity contribution in [2.45, 2.75) is 38.1 Å². The highest BCUT2D eigenvalue weighted by Crippen LogP contribution is 2.25. The van der Waals surface area contributed by atoms with E-state index in [1.807, 2.05) is 6.07 Å². The van der Waals surface area contributed by atoms with Crippen LogP contribution in [0.1, 0.15) is 43.7 Å². The minimum atomic E-state index is 0.142. The van der Waals surface area contributed by atoms with E-state index in [1.54, 1.807) is 0 Å². The standard InChI is InChI=1S/C16H25BrN2/c1-19(12-13-5-2-3-6-13)10-9-16(18)14-7-4-8-15(17)11-14/h4,7-8,11,13,16H,2-3,5-6,9-10,12,18H2,1H3. The van der Waals surface area contributed by atoms with Crippen LogP contribution >= 0.6 is 15.9 Å². The highest BCUT2D eigenvalue weighted by Gasteiger charge is 2.17. The van der Waals surface area contributed by atoms with Crippen LogP contribution in [0.3, 0.4) is 0 Å². The van der Waals surface area contributed by atoms with Gasteiger partial charge in [-0.2, -0.15) is 0 Å². The lowest BCUT2D eigenvalue weighted by atomic mass is 10.0. The van der Waals surface area contributed by atoms with Gasteiger partial charge in [0.15, 0.2) is 0 Å². The monoisotopic (exact) mass is 324 g/mol. The van der Waals surface area contributed by atoms with Gasteiger partial charge in [0.2, 0.25) is 0 Å². The van der Waals surface area contributed by atoms with Crippen molar-refractivity contribution >= 4 is 15.9 Å². The summed E-state index contributed by atoms with van der Waals surface area (Å²) in [6.07, 6.45) is 6.72. The molecule has 0 amide bonds. The van der Waals surface area contributed by atoms with Crippen molar-refractivity contribution < 1.29 is 0 Å². The quantitative estimate of drug-likeness (QED) is 0.858. The molecule has 0 bridgehead atoms. The third-order valence-electron chi connectivity index (χ3n) is 4.14. The zero-order chi connectivity index (χ0) is 13.7. The van der Waals surface area contributed by atoms with Gasteiger partial charge in [-0.1, -0.05) is 40.9 Å². The van der Waals surface area contributed by atoms with E-state index in [0.29, 0.717) is 0 Å². The molecule has 0 heterocycles. The van der Waals surface area contributed by atoms with Gasteiger partial charge in [0.25, 0.3) is 0 Å². The summed E-state index contributed by atoms with van der Waals surface area (Å²) >= 11 is 3.50. The second kappa shape index (κ2) is 7.41. The molecular formula is C16H25BrN2. The minimum Gasteiger partial charge on any atom is -0.324 e. The van der Waals surface area contributed by atoms with Crippen molar-refractivity contribution in [3.63, 3.8) is 0 Å². The highest BCUT2D eigenvalue weighted by atomic mass is 79.9. The van der Waals surface area contributed by atoms with E-state index in [4.69, 9.17) is 5.73 Å². The normalized spacial score (nSPS) is 18.1. The van der Waals surface area contributed by atoms with Gasteiger partial charge in [0, 0.05) is 17.1 Å². The fourth-order valence-corrected chi connectivity index (χ4v) is 3.41. The first kappa shape index (κ1) is 15.0. The summed E-state index contributed by atoms with van der Waals surface area (Å²) in [6.45, 7) is 2.33. The van der Waals surface area contributed by atoms with E-state index in [2.05, 4.69) is 46.1 Å². The summed E-state index contributed by atoms with van der Waals surface area (Å²) in [5.74, 6) is 0.923. The first-order chi connectivity index (χ1) is 9.15. The zero-order valence-electron chi connectivity index (χ0n) is 11.8. The molecule has 2 rings (SSSR count). The smallest absolute Gasteiger partial charge is 0.0307 e. The predicted octanol–water partition coefficient (Wildman–Crippen LogP) is 3.96. The molecule has 106 valence electrons. The second-order valence-electron chi connectivity index (χ2n) is 5.86. The van der Waals surface area contributed by atoms with Crippen molar-refractivity contribution in [1.29, 1.82) is 0 Å². The molecule has 1 unspecified atom stereocenters. The van der Waals surface area contributed by atoms with Crippen LogP contribution in [0.4, 0.5) is 0 Å². The van der Waals surface area contributed by atoms with Crippen LogP contribution in [-0.2, 0) is 0 Å². The number of hydrogen-bond donors (Lipinski definition) is 1. The first-order valence-corrected chi connectivity index (χ1v) is 8.14. The first-order valence-electron chi connectivity index (χ1n) is 7.35. The van der Waals surface area contributed by atoms with Crippen molar-refractivity contribution in [2.24, 2.45) is 11.7 Å². The summed E-state index contributed by atoms with van der Waals surface area (Å²) in [6, 6.07) is 8.49. The van der Waals surface area contributed by atoms with Crippen LogP contribution in [0, 0.1) is 5.92 Å². The Morgan fingerprint density at radius 1 is 1.37 bits per heavy atom. The Kier molecular flexibility index (Phi) is 5.86. The van der Waals surface area contributed by atoms with Gasteiger partial charge < -0.3 is 10.6 Å². The molecule has 3 heteroatoms. The van der Waals surface area contributed by atoms with Gasteiger partial charge in [0.1, 0.15) is 0 Å².